The minimum atomic E-state index is 0.667. The fraction of sp³-hybridized carbons (Fsp3) is 0. The number of aromatic amines is 1. The van der Waals surface area contributed by atoms with E-state index >= 15 is 0 Å². The van der Waals surface area contributed by atoms with Gasteiger partial charge >= 0.3 is 0 Å². The lowest BCUT2D eigenvalue weighted by molar-refractivity contribution is -0.507. The van der Waals surface area contributed by atoms with Crippen LogP contribution in [0.2, 0.25) is 5.15 Å². The van der Waals surface area contributed by atoms with Crippen LogP contribution in [-0.4, -0.2) is 4.98 Å². The summed E-state index contributed by atoms with van der Waals surface area (Å²) in [5.74, 6) is 0. The molecule has 0 fully saturated rings. The molecule has 56 valence electrons. The minimum absolute atomic E-state index is 0.667. The Morgan fingerprint density at radius 3 is 3.00 bits per heavy atom. The number of pyridine rings is 1. The smallest absolute Gasteiger partial charge is 0.230 e. The Morgan fingerprint density at radius 2 is 2.27 bits per heavy atom. The van der Waals surface area contributed by atoms with Crippen molar-refractivity contribution in [3.8, 4) is 0 Å². The topological polar surface area (TPSA) is 19.9 Å². The molecule has 0 unspecified atom stereocenters. The van der Waals surface area contributed by atoms with Gasteiger partial charge in [-0.25, -0.2) is 4.98 Å². The predicted molar refractivity (Wildman–Crippen MR) is 46.7 cm³/mol. The molecular formula is C7H5BrClN2+. The van der Waals surface area contributed by atoms with Crippen LogP contribution in [0.5, 0.6) is 0 Å². The average molecular weight is 232 g/mol. The van der Waals surface area contributed by atoms with Crippen molar-refractivity contribution in [2.24, 2.45) is 0 Å². The quantitative estimate of drug-likeness (QED) is 0.672. The molecule has 0 radical (unpaired) electrons. The molecule has 2 rings (SSSR count). The molecule has 4 heteroatoms. The summed E-state index contributed by atoms with van der Waals surface area (Å²) in [5.41, 5.74) is 0.976. The van der Waals surface area contributed by atoms with E-state index in [1.165, 1.54) is 0 Å². The van der Waals surface area contributed by atoms with E-state index in [4.69, 9.17) is 11.6 Å². The van der Waals surface area contributed by atoms with Gasteiger partial charge in [0.15, 0.2) is 0 Å². The summed E-state index contributed by atoms with van der Waals surface area (Å²) in [7, 11) is 0. The van der Waals surface area contributed by atoms with Gasteiger partial charge in [-0.05, 0) is 17.7 Å². The number of halogens is 2. The molecule has 2 aromatic rings. The van der Waals surface area contributed by atoms with Crippen LogP contribution in [0.4, 0.5) is 0 Å². The molecule has 0 spiro atoms. The number of nitrogens with zero attached hydrogens (tertiary/aromatic N) is 1. The maximum atomic E-state index is 5.93. The molecule has 0 aliphatic heterocycles. The molecule has 1 N–H and O–H groups in total. The Balaban J connectivity index is 2.92. The zero-order valence-electron chi connectivity index (χ0n) is 5.51. The fourth-order valence-corrected chi connectivity index (χ4v) is 1.57. The van der Waals surface area contributed by atoms with Gasteiger partial charge in [-0.15, -0.1) is 0 Å². The third-order valence-corrected chi connectivity index (χ3v) is 2.66. The summed E-state index contributed by atoms with van der Waals surface area (Å²) >= 11 is 9.23. The van der Waals surface area contributed by atoms with Gasteiger partial charge in [-0.1, -0.05) is 6.07 Å². The molecular weight excluding hydrogens is 227 g/mol. The Bertz CT molecular complexity index is 396. The Hall–Kier alpha value is -0.540. The van der Waals surface area contributed by atoms with Crippen LogP contribution in [0, 0.1) is 0 Å². The monoisotopic (exact) mass is 231 g/mol. The fourth-order valence-electron chi connectivity index (χ4n) is 0.986. The van der Waals surface area contributed by atoms with Gasteiger partial charge in [0.25, 0.3) is 10.8 Å². The summed E-state index contributed by atoms with van der Waals surface area (Å²) < 4.78 is 2.68. The van der Waals surface area contributed by atoms with E-state index in [0.29, 0.717) is 5.15 Å². The first-order valence-electron chi connectivity index (χ1n) is 3.12. The lowest BCUT2D eigenvalue weighted by Crippen LogP contribution is -2.18. The standard InChI is InChI=1S/C7H4BrClN2/c8-6-7(9)11-4-2-1-3-5(11)10-6/h1-4H/p+1. The van der Waals surface area contributed by atoms with Crippen molar-refractivity contribution in [1.29, 1.82) is 0 Å². The van der Waals surface area contributed by atoms with Crippen LogP contribution < -0.4 is 4.40 Å². The maximum absolute atomic E-state index is 5.93. The van der Waals surface area contributed by atoms with Crippen molar-refractivity contribution in [2.75, 3.05) is 0 Å². The van der Waals surface area contributed by atoms with Gasteiger partial charge in [0.2, 0.25) is 4.60 Å². The van der Waals surface area contributed by atoms with Crippen LogP contribution in [0.1, 0.15) is 0 Å². The molecule has 0 atom stereocenters. The number of rotatable bonds is 0. The molecule has 2 heterocycles. The van der Waals surface area contributed by atoms with E-state index in [2.05, 4.69) is 20.9 Å². The Morgan fingerprint density at radius 1 is 1.45 bits per heavy atom. The molecule has 0 aliphatic rings. The first-order chi connectivity index (χ1) is 5.29. The molecule has 2 nitrogen and oxygen atoms in total. The zero-order valence-corrected chi connectivity index (χ0v) is 7.85. The number of H-pyrrole nitrogens is 1. The highest BCUT2D eigenvalue weighted by Crippen LogP contribution is 2.16. The molecule has 0 saturated carbocycles. The van der Waals surface area contributed by atoms with Crippen LogP contribution in [0.15, 0.2) is 29.0 Å². The van der Waals surface area contributed by atoms with Crippen LogP contribution in [0.3, 0.4) is 0 Å². The first-order valence-corrected chi connectivity index (χ1v) is 4.29. The van der Waals surface area contributed by atoms with Crippen LogP contribution >= 0.6 is 27.5 Å². The van der Waals surface area contributed by atoms with Crippen molar-refractivity contribution < 1.29 is 4.40 Å². The van der Waals surface area contributed by atoms with Crippen molar-refractivity contribution in [3.05, 3.63) is 34.2 Å². The lowest BCUT2D eigenvalue weighted by atomic mass is 10.5. The van der Waals surface area contributed by atoms with Gasteiger partial charge in [0.1, 0.15) is 0 Å². The summed E-state index contributed by atoms with van der Waals surface area (Å²) in [6.45, 7) is 0. The molecule has 2 aromatic heterocycles. The van der Waals surface area contributed by atoms with Crippen LogP contribution in [0.25, 0.3) is 5.65 Å². The number of hydrogen-bond donors (Lipinski definition) is 1. The van der Waals surface area contributed by atoms with Crippen LogP contribution in [-0.2, 0) is 0 Å². The highest BCUT2D eigenvalue weighted by molar-refractivity contribution is 9.10. The largest absolute Gasteiger partial charge is 0.286 e. The van der Waals surface area contributed by atoms with Crippen molar-refractivity contribution in [3.63, 3.8) is 0 Å². The van der Waals surface area contributed by atoms with E-state index < -0.39 is 0 Å². The SMILES string of the molecule is Clc1c(Br)[nH]c2cccc[n+]12. The molecule has 11 heavy (non-hydrogen) atoms. The van der Waals surface area contributed by atoms with Gasteiger partial charge in [-0.3, -0.25) is 0 Å². The summed E-state index contributed by atoms with van der Waals surface area (Å²) in [4.78, 5) is 3.07. The third-order valence-electron chi connectivity index (χ3n) is 1.49. The van der Waals surface area contributed by atoms with Crippen molar-refractivity contribution in [1.82, 2.24) is 4.98 Å². The third kappa shape index (κ3) is 1.04. The highest BCUT2D eigenvalue weighted by Gasteiger charge is 2.12. The first kappa shape index (κ1) is 7.13. The van der Waals surface area contributed by atoms with E-state index in [1.807, 2.05) is 28.8 Å². The predicted octanol–water partition coefficient (Wildman–Crippen LogP) is 2.17. The second kappa shape index (κ2) is 2.50. The van der Waals surface area contributed by atoms with E-state index in [-0.39, 0.29) is 0 Å². The van der Waals surface area contributed by atoms with Gasteiger partial charge < -0.3 is 0 Å². The second-order valence-electron chi connectivity index (χ2n) is 2.19. The van der Waals surface area contributed by atoms with Gasteiger partial charge in [-0.2, -0.15) is 4.40 Å². The van der Waals surface area contributed by atoms with Crippen molar-refractivity contribution >= 4 is 33.2 Å². The highest BCUT2D eigenvalue weighted by atomic mass is 79.9. The molecule has 0 aromatic carbocycles. The molecule has 0 amide bonds. The number of aromatic nitrogens is 2. The Kier molecular flexibility index (Phi) is 1.62. The number of hydrogen-bond acceptors (Lipinski definition) is 0. The normalized spacial score (nSPS) is 10.7. The second-order valence-corrected chi connectivity index (χ2v) is 3.34. The van der Waals surface area contributed by atoms with Gasteiger partial charge in [0, 0.05) is 22.0 Å². The minimum Gasteiger partial charge on any atom is -0.230 e. The van der Waals surface area contributed by atoms with E-state index in [0.717, 1.165) is 10.3 Å². The van der Waals surface area contributed by atoms with Gasteiger partial charge in [0.05, 0.1) is 6.20 Å². The average Bonchev–Trinajstić information content (AvgIpc) is 2.30. The number of fused-ring (bicyclic) bond motifs is 1. The number of imidazole rings is 1. The Labute approximate surface area is 76.9 Å². The summed E-state index contributed by atoms with van der Waals surface area (Å²) in [6, 6.07) is 5.84. The summed E-state index contributed by atoms with van der Waals surface area (Å²) in [6.07, 6.45) is 1.90. The number of nitrogens with one attached hydrogen (secondary N) is 1. The molecule has 0 bridgehead atoms. The zero-order chi connectivity index (χ0) is 7.84. The summed E-state index contributed by atoms with van der Waals surface area (Å²) in [5, 5.41) is 0.667. The van der Waals surface area contributed by atoms with Crippen molar-refractivity contribution in [2.45, 2.75) is 0 Å². The lowest BCUT2D eigenvalue weighted by Gasteiger charge is -1.81. The molecule has 0 aliphatic carbocycles. The van der Waals surface area contributed by atoms with E-state index in [9.17, 15) is 0 Å². The maximum Gasteiger partial charge on any atom is 0.286 e. The molecule has 0 saturated heterocycles. The van der Waals surface area contributed by atoms with E-state index in [1.54, 1.807) is 0 Å².